The van der Waals surface area contributed by atoms with Crippen molar-refractivity contribution >= 4 is 17.4 Å². The molecule has 1 amide bonds. The summed E-state index contributed by atoms with van der Waals surface area (Å²) in [5, 5.41) is 27.6. The van der Waals surface area contributed by atoms with Crippen LogP contribution >= 0.6 is 0 Å². The Morgan fingerprint density at radius 3 is 2.71 bits per heavy atom. The Bertz CT molecular complexity index is 1390. The smallest absolute Gasteiger partial charge is 0.255 e. The maximum atomic E-state index is 13.0. The van der Waals surface area contributed by atoms with Gasteiger partial charge in [0, 0.05) is 37.1 Å². The molecule has 0 bridgehead atoms. The van der Waals surface area contributed by atoms with Gasteiger partial charge in [-0.3, -0.25) is 9.48 Å². The minimum absolute atomic E-state index is 0.239. The van der Waals surface area contributed by atoms with E-state index in [1.54, 1.807) is 43.5 Å². The molecule has 2 N–H and O–H groups in total. The van der Waals surface area contributed by atoms with Gasteiger partial charge in [-0.05, 0) is 56.9 Å². The number of β-amino-alcohol motifs (C(OH)–C–C–N with tert-alkyl or cyclic N) is 1. The third-order valence-electron chi connectivity index (χ3n) is 7.21. The number of benzene rings is 1. The number of rotatable bonds is 7. The molecular formula is C28H30N6O4. The molecule has 10 nitrogen and oxygen atoms in total. The van der Waals surface area contributed by atoms with E-state index in [1.165, 1.54) is 4.90 Å². The summed E-state index contributed by atoms with van der Waals surface area (Å²) in [4.78, 5) is 18.9. The Hall–Kier alpha value is -3.94. The largest absolute Gasteiger partial charge is 0.454 e. The van der Waals surface area contributed by atoms with Crippen LogP contribution in [-0.2, 0) is 4.74 Å². The zero-order valence-electron chi connectivity index (χ0n) is 21.3. The fraction of sp³-hybridized carbons (Fsp3) is 0.429. The van der Waals surface area contributed by atoms with Crippen LogP contribution in [0.15, 0.2) is 42.7 Å². The standard InChI is InChI=1S/C28H30N6O4/c1-28(36)16-33(17-28)27(35)23-12-20(3-2-19(23)14-29)31-25-13-22(6-9-30-25)38-24-15-34(21-4-5-21)32-26(24)18-7-10-37-11-8-18/h2-3,6,9,12-13,15,18,21,36H,4-5,7-8,10-11,16-17H2,1H3,(H,30,31). The molecule has 2 saturated heterocycles. The Morgan fingerprint density at radius 2 is 2.00 bits per heavy atom. The van der Waals surface area contributed by atoms with E-state index in [9.17, 15) is 15.2 Å². The second-order valence-corrected chi connectivity index (χ2v) is 10.6. The molecule has 0 spiro atoms. The van der Waals surface area contributed by atoms with Crippen molar-refractivity contribution in [2.45, 2.75) is 50.2 Å². The number of carbonyl (C=O) groups excluding carboxylic acids is 1. The highest BCUT2D eigenvalue weighted by Crippen LogP contribution is 2.40. The van der Waals surface area contributed by atoms with E-state index >= 15 is 0 Å². The fourth-order valence-electron chi connectivity index (χ4n) is 5.05. The highest BCUT2D eigenvalue weighted by atomic mass is 16.5. The van der Waals surface area contributed by atoms with Crippen molar-refractivity contribution in [2.75, 3.05) is 31.6 Å². The van der Waals surface area contributed by atoms with Gasteiger partial charge in [0.15, 0.2) is 5.75 Å². The number of aliphatic hydroxyl groups is 1. The Labute approximate surface area is 220 Å². The van der Waals surface area contributed by atoms with Gasteiger partial charge >= 0.3 is 0 Å². The molecule has 6 rings (SSSR count). The third kappa shape index (κ3) is 5.08. The quantitative estimate of drug-likeness (QED) is 0.482. The topological polar surface area (TPSA) is 126 Å². The molecule has 4 heterocycles. The van der Waals surface area contributed by atoms with Crippen molar-refractivity contribution in [1.82, 2.24) is 19.7 Å². The molecule has 38 heavy (non-hydrogen) atoms. The first-order chi connectivity index (χ1) is 18.4. The van der Waals surface area contributed by atoms with Crippen LogP contribution in [0.1, 0.15) is 66.2 Å². The SMILES string of the molecule is CC1(O)CN(C(=O)c2cc(Nc3cc(Oc4cn(C5CC5)nc4C4CCOCC4)ccn3)ccc2C#N)C1. The molecular weight excluding hydrogens is 484 g/mol. The molecule has 1 aromatic carbocycles. The summed E-state index contributed by atoms with van der Waals surface area (Å²) in [7, 11) is 0. The number of ether oxygens (including phenoxy) is 2. The lowest BCUT2D eigenvalue weighted by Crippen LogP contribution is -2.61. The van der Waals surface area contributed by atoms with E-state index in [-0.39, 0.29) is 30.1 Å². The van der Waals surface area contributed by atoms with E-state index in [4.69, 9.17) is 14.6 Å². The maximum Gasteiger partial charge on any atom is 0.255 e. The summed E-state index contributed by atoms with van der Waals surface area (Å²) in [5.74, 6) is 1.95. The van der Waals surface area contributed by atoms with Gasteiger partial charge in [0.1, 0.15) is 17.3 Å². The number of anilines is 2. The van der Waals surface area contributed by atoms with Crippen LogP contribution in [0.25, 0.3) is 0 Å². The lowest BCUT2D eigenvalue weighted by molar-refractivity contribution is -0.0668. The predicted octanol–water partition coefficient (Wildman–Crippen LogP) is 4.12. The van der Waals surface area contributed by atoms with Crippen LogP contribution in [0.3, 0.4) is 0 Å². The van der Waals surface area contributed by atoms with E-state index in [0.29, 0.717) is 29.2 Å². The van der Waals surface area contributed by atoms with Crippen LogP contribution < -0.4 is 10.1 Å². The Balaban J connectivity index is 1.21. The molecule has 2 aromatic heterocycles. The molecule has 0 unspecified atom stereocenters. The van der Waals surface area contributed by atoms with E-state index in [2.05, 4.69) is 16.4 Å². The number of carbonyl (C=O) groups is 1. The molecule has 10 heteroatoms. The van der Waals surface area contributed by atoms with E-state index in [1.807, 2.05) is 10.9 Å². The van der Waals surface area contributed by atoms with Gasteiger partial charge in [-0.2, -0.15) is 10.4 Å². The number of hydrogen-bond acceptors (Lipinski definition) is 8. The fourth-order valence-corrected chi connectivity index (χ4v) is 5.05. The minimum Gasteiger partial charge on any atom is -0.454 e. The van der Waals surface area contributed by atoms with Crippen molar-refractivity contribution in [2.24, 2.45) is 0 Å². The zero-order valence-corrected chi connectivity index (χ0v) is 21.3. The van der Waals surface area contributed by atoms with Gasteiger partial charge in [0.25, 0.3) is 5.91 Å². The monoisotopic (exact) mass is 514 g/mol. The number of likely N-dealkylation sites (tertiary alicyclic amines) is 1. The van der Waals surface area contributed by atoms with Gasteiger partial charge in [-0.1, -0.05) is 0 Å². The summed E-state index contributed by atoms with van der Waals surface area (Å²) in [6.45, 7) is 3.63. The van der Waals surface area contributed by atoms with Crippen molar-refractivity contribution in [3.63, 3.8) is 0 Å². The number of hydrogen-bond donors (Lipinski definition) is 2. The first-order valence-electron chi connectivity index (χ1n) is 13.0. The van der Waals surface area contributed by atoms with E-state index < -0.39 is 5.60 Å². The lowest BCUT2D eigenvalue weighted by Gasteiger charge is -2.44. The predicted molar refractivity (Wildman–Crippen MR) is 139 cm³/mol. The van der Waals surface area contributed by atoms with Gasteiger partial charge in [-0.25, -0.2) is 4.98 Å². The molecule has 0 radical (unpaired) electrons. The van der Waals surface area contributed by atoms with Crippen LogP contribution in [-0.4, -0.2) is 62.6 Å². The van der Waals surface area contributed by atoms with Gasteiger partial charge < -0.3 is 24.8 Å². The van der Waals surface area contributed by atoms with Gasteiger partial charge in [-0.15, -0.1) is 0 Å². The number of amides is 1. The average molecular weight is 515 g/mol. The van der Waals surface area contributed by atoms with Gasteiger partial charge in [0.05, 0.1) is 48.1 Å². The van der Waals surface area contributed by atoms with E-state index in [0.717, 1.165) is 50.3 Å². The number of nitrogens with zero attached hydrogens (tertiary/aromatic N) is 5. The van der Waals surface area contributed by atoms with Crippen LogP contribution in [0, 0.1) is 11.3 Å². The average Bonchev–Trinajstić information content (AvgIpc) is 3.68. The number of nitriles is 1. The number of pyridine rings is 1. The zero-order chi connectivity index (χ0) is 26.3. The molecule has 3 aromatic rings. The minimum atomic E-state index is -0.886. The van der Waals surface area contributed by atoms with Crippen LogP contribution in [0.5, 0.6) is 11.5 Å². The molecule has 196 valence electrons. The molecule has 0 atom stereocenters. The second-order valence-electron chi connectivity index (χ2n) is 10.6. The first-order valence-corrected chi connectivity index (χ1v) is 13.0. The van der Waals surface area contributed by atoms with Crippen molar-refractivity contribution in [3.05, 3.63) is 59.5 Å². The summed E-state index contributed by atoms with van der Waals surface area (Å²) >= 11 is 0. The second kappa shape index (κ2) is 9.74. The maximum absolute atomic E-state index is 13.0. The third-order valence-corrected chi connectivity index (χ3v) is 7.21. The highest BCUT2D eigenvalue weighted by Gasteiger charge is 2.40. The molecule has 2 aliphatic heterocycles. The lowest BCUT2D eigenvalue weighted by atomic mass is 9.95. The normalized spacial score (nSPS) is 18.9. The molecule has 1 saturated carbocycles. The van der Waals surface area contributed by atoms with Crippen LogP contribution in [0.4, 0.5) is 11.5 Å². The molecule has 3 aliphatic rings. The molecule has 3 fully saturated rings. The van der Waals surface area contributed by atoms with Crippen molar-refractivity contribution in [1.29, 1.82) is 5.26 Å². The summed E-state index contributed by atoms with van der Waals surface area (Å²) < 4.78 is 13.9. The summed E-state index contributed by atoms with van der Waals surface area (Å²) in [6, 6.07) is 11.1. The molecule has 1 aliphatic carbocycles. The van der Waals surface area contributed by atoms with Gasteiger partial charge in [0.2, 0.25) is 0 Å². The first kappa shape index (κ1) is 24.4. The number of aromatic nitrogens is 3. The van der Waals surface area contributed by atoms with Crippen molar-refractivity contribution < 1.29 is 19.4 Å². The summed E-state index contributed by atoms with van der Waals surface area (Å²) in [5.41, 5.74) is 1.28. The van der Waals surface area contributed by atoms with Crippen LogP contribution in [0.2, 0.25) is 0 Å². The summed E-state index contributed by atoms with van der Waals surface area (Å²) in [6.07, 6.45) is 7.80. The number of nitrogens with one attached hydrogen (secondary N) is 1. The Kier molecular flexibility index (Phi) is 6.26. The Morgan fingerprint density at radius 1 is 1.21 bits per heavy atom. The van der Waals surface area contributed by atoms with Crippen molar-refractivity contribution in [3.8, 4) is 17.6 Å². The highest BCUT2D eigenvalue weighted by molar-refractivity contribution is 5.98.